The average molecular weight is 629 g/mol. The maximum absolute atomic E-state index is 14.1. The molecule has 1 atom stereocenters. The minimum atomic E-state index is -0.817. The molecule has 1 aromatic heterocycles. The Morgan fingerprint density at radius 2 is 1.60 bits per heavy atom. The van der Waals surface area contributed by atoms with Crippen LogP contribution in [0.1, 0.15) is 49.4 Å². The number of fused-ring (bicyclic) bond motifs is 1. The second-order valence-electron chi connectivity index (χ2n) is 10.2. The van der Waals surface area contributed by atoms with Crippen molar-refractivity contribution in [3.05, 3.63) is 114 Å². The molecular weight excluding hydrogens is 592 g/mol. The minimum absolute atomic E-state index is 0.188. The van der Waals surface area contributed by atoms with Crippen LogP contribution in [0.4, 0.5) is 0 Å². The van der Waals surface area contributed by atoms with Crippen molar-refractivity contribution in [3.63, 3.8) is 0 Å². The Bertz CT molecular complexity index is 1870. The molecule has 0 fully saturated rings. The van der Waals surface area contributed by atoms with Gasteiger partial charge in [0.1, 0.15) is 35.6 Å². The Hall–Kier alpha value is -4.83. The van der Waals surface area contributed by atoms with Crippen LogP contribution in [0, 0.1) is 0 Å². The summed E-state index contributed by atoms with van der Waals surface area (Å²) in [5.74, 6) is 2.07. The van der Waals surface area contributed by atoms with E-state index >= 15 is 0 Å². The van der Waals surface area contributed by atoms with Gasteiger partial charge in [0.05, 0.1) is 43.7 Å². The summed E-state index contributed by atoms with van der Waals surface area (Å²) in [5, 5.41) is 0. The molecule has 0 saturated carbocycles. The van der Waals surface area contributed by atoms with E-state index in [-0.39, 0.29) is 12.2 Å². The molecular formula is C35H36N2O7S. The van der Waals surface area contributed by atoms with E-state index in [2.05, 4.69) is 0 Å². The van der Waals surface area contributed by atoms with E-state index < -0.39 is 12.0 Å². The normalized spacial score (nSPS) is 14.4. The Morgan fingerprint density at radius 3 is 2.24 bits per heavy atom. The molecule has 0 radical (unpaired) electrons. The van der Waals surface area contributed by atoms with Gasteiger partial charge in [-0.25, -0.2) is 9.79 Å². The van der Waals surface area contributed by atoms with E-state index in [0.29, 0.717) is 56.4 Å². The highest BCUT2D eigenvalue weighted by molar-refractivity contribution is 7.07. The molecule has 2 heterocycles. The molecule has 45 heavy (non-hydrogen) atoms. The molecule has 9 nitrogen and oxygen atoms in total. The van der Waals surface area contributed by atoms with Gasteiger partial charge in [0.2, 0.25) is 0 Å². The zero-order valence-electron chi connectivity index (χ0n) is 26.0. The van der Waals surface area contributed by atoms with E-state index in [0.717, 1.165) is 23.3 Å². The van der Waals surface area contributed by atoms with Gasteiger partial charge in [0.15, 0.2) is 4.80 Å². The van der Waals surface area contributed by atoms with Crippen LogP contribution in [0.5, 0.6) is 23.0 Å². The molecule has 0 unspecified atom stereocenters. The van der Waals surface area contributed by atoms with Gasteiger partial charge in [-0.3, -0.25) is 9.36 Å². The summed E-state index contributed by atoms with van der Waals surface area (Å²) in [7, 11) is 4.76. The summed E-state index contributed by atoms with van der Waals surface area (Å²) >= 11 is 1.28. The third kappa shape index (κ3) is 6.81. The van der Waals surface area contributed by atoms with Gasteiger partial charge < -0.3 is 23.7 Å². The van der Waals surface area contributed by atoms with Crippen molar-refractivity contribution in [2.24, 2.45) is 4.99 Å². The van der Waals surface area contributed by atoms with Gasteiger partial charge in [0.25, 0.3) is 5.56 Å². The molecule has 0 spiro atoms. The molecule has 1 aliphatic rings. The summed E-state index contributed by atoms with van der Waals surface area (Å²) in [6.07, 6.45) is 3.12. The third-order valence-electron chi connectivity index (χ3n) is 7.37. The van der Waals surface area contributed by atoms with Crippen molar-refractivity contribution < 1.29 is 28.5 Å². The zero-order chi connectivity index (χ0) is 31.9. The molecule has 3 aromatic carbocycles. The highest BCUT2D eigenvalue weighted by Gasteiger charge is 2.36. The standard InChI is InChI=1S/C35H36N2O7S/c1-6-8-28-31(34(39)43-7-2)32(27-20-26(41-4)17-18-29(27)42-5)37-33(38)30(45-35(37)36-28)19-22-9-15-25(16-10-22)44-21-23-11-13-24(40-3)14-12-23/h9-20,32H,6-8,21H2,1-5H3/b30-19-/t32-/m0/s1. The molecule has 0 N–H and O–H groups in total. The van der Waals surface area contributed by atoms with Gasteiger partial charge in [-0.15, -0.1) is 0 Å². The first kappa shape index (κ1) is 31.6. The van der Waals surface area contributed by atoms with Crippen molar-refractivity contribution in [1.82, 2.24) is 4.57 Å². The summed E-state index contributed by atoms with van der Waals surface area (Å²) in [4.78, 5) is 32.9. The quantitative estimate of drug-likeness (QED) is 0.200. The molecule has 0 bridgehead atoms. The van der Waals surface area contributed by atoms with Crippen LogP contribution in [0.3, 0.4) is 0 Å². The van der Waals surface area contributed by atoms with Crippen LogP contribution >= 0.6 is 11.3 Å². The number of ether oxygens (including phenoxy) is 5. The Kier molecular flexibility index (Phi) is 10.0. The number of thiazole rings is 1. The first-order valence-electron chi connectivity index (χ1n) is 14.7. The molecule has 4 aromatic rings. The fraction of sp³-hybridized carbons (Fsp3) is 0.286. The molecule has 0 amide bonds. The number of nitrogens with zero attached hydrogens (tertiary/aromatic N) is 2. The number of hydrogen-bond acceptors (Lipinski definition) is 9. The number of hydrogen-bond donors (Lipinski definition) is 0. The molecule has 0 aliphatic carbocycles. The summed E-state index contributed by atoms with van der Waals surface area (Å²) in [6, 6.07) is 19.8. The van der Waals surface area contributed by atoms with Crippen LogP contribution in [0.15, 0.2) is 87.8 Å². The number of esters is 1. The lowest BCUT2D eigenvalue weighted by atomic mass is 9.93. The van der Waals surface area contributed by atoms with Crippen LogP contribution in [0.25, 0.3) is 6.08 Å². The SMILES string of the molecule is CCCC1=C(C(=O)OCC)[C@H](c2cc(OC)ccc2OC)n2c(s/c(=C\c3ccc(OCc4ccc(OC)cc4)cc3)c2=O)=N1. The summed E-state index contributed by atoms with van der Waals surface area (Å²) in [5.41, 5.74) is 3.10. The number of carbonyl (C=O) groups is 1. The maximum atomic E-state index is 14.1. The fourth-order valence-corrected chi connectivity index (χ4v) is 6.19. The highest BCUT2D eigenvalue weighted by Crippen LogP contribution is 2.38. The topological polar surface area (TPSA) is 97.6 Å². The zero-order valence-corrected chi connectivity index (χ0v) is 26.8. The third-order valence-corrected chi connectivity index (χ3v) is 8.35. The second kappa shape index (κ2) is 14.3. The van der Waals surface area contributed by atoms with Crippen molar-refractivity contribution in [2.75, 3.05) is 27.9 Å². The largest absolute Gasteiger partial charge is 0.497 e. The lowest BCUT2D eigenvalue weighted by Gasteiger charge is -2.27. The lowest BCUT2D eigenvalue weighted by Crippen LogP contribution is -2.40. The molecule has 10 heteroatoms. The van der Waals surface area contributed by atoms with E-state index in [1.165, 1.54) is 11.3 Å². The van der Waals surface area contributed by atoms with Crippen LogP contribution in [-0.4, -0.2) is 38.5 Å². The van der Waals surface area contributed by atoms with Crippen LogP contribution < -0.4 is 33.8 Å². The molecule has 5 rings (SSSR count). The van der Waals surface area contributed by atoms with Gasteiger partial charge in [-0.05, 0) is 73.0 Å². The summed E-state index contributed by atoms with van der Waals surface area (Å²) < 4.78 is 29.9. The number of rotatable bonds is 12. The fourth-order valence-electron chi connectivity index (χ4n) is 5.17. The number of carbonyl (C=O) groups excluding carboxylic acids is 1. The van der Waals surface area contributed by atoms with E-state index in [1.807, 2.05) is 61.5 Å². The molecule has 234 valence electrons. The Labute approximate surface area is 265 Å². The van der Waals surface area contributed by atoms with Gasteiger partial charge in [-0.1, -0.05) is 48.9 Å². The summed E-state index contributed by atoms with van der Waals surface area (Å²) in [6.45, 7) is 4.38. The lowest BCUT2D eigenvalue weighted by molar-refractivity contribution is -0.139. The second-order valence-corrected chi connectivity index (χ2v) is 11.2. The number of aromatic nitrogens is 1. The van der Waals surface area contributed by atoms with E-state index in [1.54, 1.807) is 51.0 Å². The highest BCUT2D eigenvalue weighted by atomic mass is 32.1. The minimum Gasteiger partial charge on any atom is -0.497 e. The molecule has 0 saturated heterocycles. The first-order chi connectivity index (χ1) is 21.9. The average Bonchev–Trinajstić information content (AvgIpc) is 3.37. The van der Waals surface area contributed by atoms with Crippen molar-refractivity contribution in [1.29, 1.82) is 0 Å². The van der Waals surface area contributed by atoms with Gasteiger partial charge >= 0.3 is 5.97 Å². The maximum Gasteiger partial charge on any atom is 0.338 e. The smallest absolute Gasteiger partial charge is 0.338 e. The Morgan fingerprint density at radius 1 is 0.911 bits per heavy atom. The number of methoxy groups -OCH3 is 3. The number of benzene rings is 3. The van der Waals surface area contributed by atoms with Crippen molar-refractivity contribution >= 4 is 23.4 Å². The monoisotopic (exact) mass is 628 g/mol. The van der Waals surface area contributed by atoms with Crippen molar-refractivity contribution in [3.8, 4) is 23.0 Å². The van der Waals surface area contributed by atoms with E-state index in [4.69, 9.17) is 28.7 Å². The predicted molar refractivity (Wildman–Crippen MR) is 173 cm³/mol. The Balaban J connectivity index is 1.55. The van der Waals surface area contributed by atoms with Crippen LogP contribution in [-0.2, 0) is 16.1 Å². The number of allylic oxidation sites excluding steroid dienone is 1. The van der Waals surface area contributed by atoms with Crippen molar-refractivity contribution in [2.45, 2.75) is 39.3 Å². The van der Waals surface area contributed by atoms with Gasteiger partial charge in [-0.2, -0.15) is 0 Å². The van der Waals surface area contributed by atoms with Gasteiger partial charge in [0, 0.05) is 5.56 Å². The van der Waals surface area contributed by atoms with Crippen LogP contribution in [0.2, 0.25) is 0 Å². The molecule has 1 aliphatic heterocycles. The van der Waals surface area contributed by atoms with E-state index in [9.17, 15) is 9.59 Å². The predicted octanol–water partition coefficient (Wildman–Crippen LogP) is 5.18. The first-order valence-corrected chi connectivity index (χ1v) is 15.5.